The van der Waals surface area contributed by atoms with Gasteiger partial charge in [0.05, 0.1) is 24.2 Å². The van der Waals surface area contributed by atoms with E-state index in [1.807, 2.05) is 30.3 Å². The summed E-state index contributed by atoms with van der Waals surface area (Å²) in [4.78, 5) is 38.2. The van der Waals surface area contributed by atoms with Gasteiger partial charge in [0, 0.05) is 6.54 Å². The number of nitrogens with zero attached hydrogens (tertiary/aromatic N) is 1. The van der Waals surface area contributed by atoms with E-state index >= 15 is 0 Å². The summed E-state index contributed by atoms with van der Waals surface area (Å²) in [5, 5.41) is 0. The van der Waals surface area contributed by atoms with Gasteiger partial charge in [-0.05, 0) is 24.1 Å². The van der Waals surface area contributed by atoms with Gasteiger partial charge in [0.2, 0.25) is 0 Å². The number of ether oxygens (including phenoxy) is 1. The van der Waals surface area contributed by atoms with E-state index in [0.29, 0.717) is 17.5 Å². The topological polar surface area (TPSA) is 63.7 Å². The molecule has 0 saturated heterocycles. The van der Waals surface area contributed by atoms with Gasteiger partial charge in [0.15, 0.2) is 0 Å². The van der Waals surface area contributed by atoms with Crippen LogP contribution >= 0.6 is 0 Å². The number of imide groups is 1. The molecule has 0 bridgehead atoms. The first kappa shape index (κ1) is 15.9. The molecule has 1 unspecified atom stereocenters. The molecule has 0 radical (unpaired) electrons. The molecule has 0 spiro atoms. The van der Waals surface area contributed by atoms with Crippen LogP contribution in [0.15, 0.2) is 54.6 Å². The van der Waals surface area contributed by atoms with Crippen molar-refractivity contribution in [3.8, 4) is 0 Å². The maximum absolute atomic E-state index is 12.5. The summed E-state index contributed by atoms with van der Waals surface area (Å²) in [6.45, 7) is 0.00785. The largest absolute Gasteiger partial charge is 0.469 e. The van der Waals surface area contributed by atoms with E-state index in [2.05, 4.69) is 0 Å². The van der Waals surface area contributed by atoms with Crippen LogP contribution in [-0.2, 0) is 16.0 Å². The van der Waals surface area contributed by atoms with Crippen molar-refractivity contribution >= 4 is 17.8 Å². The summed E-state index contributed by atoms with van der Waals surface area (Å²) in [6.07, 6.45) is 0.404. The molecule has 1 atom stereocenters. The summed E-state index contributed by atoms with van der Waals surface area (Å²) in [6, 6.07) is 16.1. The molecule has 0 fully saturated rings. The summed E-state index contributed by atoms with van der Waals surface area (Å²) in [5.41, 5.74) is 1.71. The average Bonchev–Trinajstić information content (AvgIpc) is 2.86. The van der Waals surface area contributed by atoms with Crippen LogP contribution in [0.5, 0.6) is 0 Å². The monoisotopic (exact) mass is 323 g/mol. The third-order valence-electron chi connectivity index (χ3n) is 4.14. The predicted octanol–water partition coefficient (Wildman–Crippen LogP) is 2.31. The number of carbonyl (C=O) groups excluding carboxylic acids is 3. The van der Waals surface area contributed by atoms with Crippen molar-refractivity contribution in [2.24, 2.45) is 5.92 Å². The van der Waals surface area contributed by atoms with Crippen LogP contribution in [0.25, 0.3) is 0 Å². The first-order chi connectivity index (χ1) is 11.6. The number of hydrogen-bond donors (Lipinski definition) is 0. The standard InChI is InChI=1S/C19H17NO4/c1-24-19(23)14(11-13-7-3-2-4-8-13)12-20-17(21)15-9-5-6-10-16(15)18(20)22/h2-10,14H,11-12H2,1H3. The van der Waals surface area contributed by atoms with Gasteiger partial charge in [-0.3, -0.25) is 19.3 Å². The third kappa shape index (κ3) is 2.93. The molecule has 2 amide bonds. The predicted molar refractivity (Wildman–Crippen MR) is 87.5 cm³/mol. The molecule has 3 rings (SSSR count). The van der Waals surface area contributed by atoms with Crippen molar-refractivity contribution in [3.05, 3.63) is 71.3 Å². The van der Waals surface area contributed by atoms with Gasteiger partial charge in [0.25, 0.3) is 11.8 Å². The first-order valence-electron chi connectivity index (χ1n) is 7.68. The van der Waals surface area contributed by atoms with Crippen LogP contribution in [0.3, 0.4) is 0 Å². The number of benzene rings is 2. The van der Waals surface area contributed by atoms with Gasteiger partial charge in [-0.25, -0.2) is 0 Å². The lowest BCUT2D eigenvalue weighted by Crippen LogP contribution is -2.38. The summed E-state index contributed by atoms with van der Waals surface area (Å²) >= 11 is 0. The van der Waals surface area contributed by atoms with Crippen molar-refractivity contribution in [2.45, 2.75) is 6.42 Å². The fraction of sp³-hybridized carbons (Fsp3) is 0.211. The van der Waals surface area contributed by atoms with E-state index < -0.39 is 11.9 Å². The Kier molecular flexibility index (Phi) is 4.42. The Balaban J connectivity index is 1.82. The Morgan fingerprint density at radius 2 is 1.50 bits per heavy atom. The van der Waals surface area contributed by atoms with Gasteiger partial charge in [-0.15, -0.1) is 0 Å². The lowest BCUT2D eigenvalue weighted by atomic mass is 9.99. The highest BCUT2D eigenvalue weighted by Crippen LogP contribution is 2.24. The molecule has 0 aliphatic carbocycles. The lowest BCUT2D eigenvalue weighted by Gasteiger charge is -2.21. The van der Waals surface area contributed by atoms with Crippen LogP contribution in [0.2, 0.25) is 0 Å². The highest BCUT2D eigenvalue weighted by Gasteiger charge is 2.37. The minimum absolute atomic E-state index is 0.00785. The Bertz CT molecular complexity index is 750. The third-order valence-corrected chi connectivity index (χ3v) is 4.14. The molecule has 5 heteroatoms. The number of fused-ring (bicyclic) bond motifs is 1. The number of hydrogen-bond acceptors (Lipinski definition) is 4. The second-order valence-corrected chi connectivity index (χ2v) is 5.68. The average molecular weight is 323 g/mol. The molecular formula is C19H17NO4. The fourth-order valence-corrected chi connectivity index (χ4v) is 2.91. The summed E-state index contributed by atoms with van der Waals surface area (Å²) < 4.78 is 4.85. The van der Waals surface area contributed by atoms with Gasteiger partial charge >= 0.3 is 5.97 Å². The van der Waals surface area contributed by atoms with Gasteiger partial charge in [-0.2, -0.15) is 0 Å². The zero-order valence-electron chi connectivity index (χ0n) is 13.3. The van der Waals surface area contributed by atoms with Crippen LogP contribution in [0, 0.1) is 5.92 Å². The highest BCUT2D eigenvalue weighted by molar-refractivity contribution is 6.21. The molecule has 122 valence electrons. The Morgan fingerprint density at radius 3 is 2.04 bits per heavy atom. The lowest BCUT2D eigenvalue weighted by molar-refractivity contribution is -0.145. The van der Waals surface area contributed by atoms with Gasteiger partial charge in [-0.1, -0.05) is 42.5 Å². The van der Waals surface area contributed by atoms with Crippen molar-refractivity contribution in [1.82, 2.24) is 4.90 Å². The molecule has 0 aromatic heterocycles. The normalized spacial score (nSPS) is 14.5. The van der Waals surface area contributed by atoms with E-state index in [-0.39, 0.29) is 18.4 Å². The van der Waals surface area contributed by atoms with Crippen molar-refractivity contribution in [3.63, 3.8) is 0 Å². The number of rotatable bonds is 5. The minimum Gasteiger partial charge on any atom is -0.469 e. The van der Waals surface area contributed by atoms with E-state index in [1.54, 1.807) is 24.3 Å². The molecule has 1 heterocycles. The molecular weight excluding hydrogens is 306 g/mol. The number of methoxy groups -OCH3 is 1. The zero-order chi connectivity index (χ0) is 17.1. The molecule has 0 N–H and O–H groups in total. The van der Waals surface area contributed by atoms with E-state index in [0.717, 1.165) is 10.5 Å². The summed E-state index contributed by atoms with van der Waals surface area (Å²) in [5.74, 6) is -1.76. The van der Waals surface area contributed by atoms with E-state index in [4.69, 9.17) is 4.74 Å². The van der Waals surface area contributed by atoms with Crippen molar-refractivity contribution < 1.29 is 19.1 Å². The Hall–Kier alpha value is -2.95. The molecule has 1 aliphatic heterocycles. The number of carbonyl (C=O) groups is 3. The van der Waals surface area contributed by atoms with Gasteiger partial charge in [0.1, 0.15) is 0 Å². The maximum Gasteiger partial charge on any atom is 0.310 e. The molecule has 24 heavy (non-hydrogen) atoms. The van der Waals surface area contributed by atoms with E-state index in [1.165, 1.54) is 7.11 Å². The quantitative estimate of drug-likeness (QED) is 0.626. The molecule has 2 aromatic carbocycles. The SMILES string of the molecule is COC(=O)C(Cc1ccccc1)CN1C(=O)c2ccccc2C1=O. The molecule has 0 saturated carbocycles. The van der Waals surface area contributed by atoms with Crippen molar-refractivity contribution in [2.75, 3.05) is 13.7 Å². The maximum atomic E-state index is 12.5. The second-order valence-electron chi connectivity index (χ2n) is 5.68. The van der Waals surface area contributed by atoms with Crippen molar-refractivity contribution in [1.29, 1.82) is 0 Å². The Morgan fingerprint density at radius 1 is 0.958 bits per heavy atom. The Labute approximate surface area is 139 Å². The minimum atomic E-state index is -0.598. The number of amides is 2. The summed E-state index contributed by atoms with van der Waals surface area (Å²) in [7, 11) is 1.31. The molecule has 1 aliphatic rings. The number of esters is 1. The zero-order valence-corrected chi connectivity index (χ0v) is 13.3. The smallest absolute Gasteiger partial charge is 0.310 e. The van der Waals surface area contributed by atoms with Crippen LogP contribution in [-0.4, -0.2) is 36.3 Å². The second kappa shape index (κ2) is 6.66. The van der Waals surface area contributed by atoms with Crippen LogP contribution in [0.4, 0.5) is 0 Å². The molecule has 5 nitrogen and oxygen atoms in total. The fourth-order valence-electron chi connectivity index (χ4n) is 2.91. The van der Waals surface area contributed by atoms with E-state index in [9.17, 15) is 14.4 Å². The first-order valence-corrected chi connectivity index (χ1v) is 7.68. The highest BCUT2D eigenvalue weighted by atomic mass is 16.5. The van der Waals surface area contributed by atoms with Gasteiger partial charge < -0.3 is 4.74 Å². The van der Waals surface area contributed by atoms with Crippen LogP contribution < -0.4 is 0 Å². The molecule has 2 aromatic rings. The van der Waals surface area contributed by atoms with Crippen LogP contribution in [0.1, 0.15) is 26.3 Å².